The monoisotopic (exact) mass is 274 g/mol. The number of Topliss-reactive ketones (excluding diaryl/α,β-unsaturated/α-hetero) is 1. The van der Waals surface area contributed by atoms with Crippen LogP contribution in [0.1, 0.15) is 43.5 Å². The predicted octanol–water partition coefficient (Wildman–Crippen LogP) is 2.68. The van der Waals surface area contributed by atoms with E-state index in [0.29, 0.717) is 17.0 Å². The van der Waals surface area contributed by atoms with Gasteiger partial charge in [0, 0.05) is 37.6 Å². The molecule has 2 aliphatic rings. The molecule has 4 nitrogen and oxygen atoms in total. The van der Waals surface area contributed by atoms with Crippen molar-refractivity contribution in [2.24, 2.45) is 5.41 Å². The molecule has 0 radical (unpaired) electrons. The lowest BCUT2D eigenvalue weighted by Crippen LogP contribution is -2.41. The van der Waals surface area contributed by atoms with Crippen molar-refractivity contribution in [2.75, 3.05) is 24.7 Å². The van der Waals surface area contributed by atoms with Crippen molar-refractivity contribution in [3.63, 3.8) is 0 Å². The number of carbonyl (C=O) groups excluding carboxylic acids is 1. The fraction of sp³-hybridized carbons (Fsp3) is 0.625. The molecule has 0 amide bonds. The average Bonchev–Trinajstić information content (AvgIpc) is 2.77. The minimum absolute atomic E-state index is 0.0689. The van der Waals surface area contributed by atoms with Crippen molar-refractivity contribution in [2.45, 2.75) is 39.2 Å². The SMILES string of the molecule is CC(=O)c1ccc(N2CCC3(CCOCC3)C2C)nc1. The van der Waals surface area contributed by atoms with Crippen LogP contribution in [0.4, 0.5) is 5.82 Å². The summed E-state index contributed by atoms with van der Waals surface area (Å²) in [5.41, 5.74) is 1.07. The predicted molar refractivity (Wildman–Crippen MR) is 78.2 cm³/mol. The topological polar surface area (TPSA) is 42.4 Å². The number of hydrogen-bond donors (Lipinski definition) is 0. The van der Waals surface area contributed by atoms with Gasteiger partial charge in [-0.25, -0.2) is 4.98 Å². The molecule has 4 heteroatoms. The van der Waals surface area contributed by atoms with Crippen LogP contribution in [-0.2, 0) is 4.74 Å². The number of ether oxygens (including phenoxy) is 1. The second-order valence-electron chi connectivity index (χ2n) is 6.06. The molecule has 0 saturated carbocycles. The molecule has 0 aliphatic carbocycles. The summed E-state index contributed by atoms with van der Waals surface area (Å²) in [4.78, 5) is 18.2. The van der Waals surface area contributed by atoms with Crippen LogP contribution in [0.25, 0.3) is 0 Å². The lowest BCUT2D eigenvalue weighted by Gasteiger charge is -2.39. The molecular weight excluding hydrogens is 252 g/mol. The first kappa shape index (κ1) is 13.6. The number of carbonyl (C=O) groups is 1. The normalized spacial score (nSPS) is 25.1. The fourth-order valence-electron chi connectivity index (χ4n) is 3.60. The van der Waals surface area contributed by atoms with Crippen LogP contribution in [0.15, 0.2) is 18.3 Å². The van der Waals surface area contributed by atoms with Crippen LogP contribution in [0.5, 0.6) is 0 Å². The van der Waals surface area contributed by atoms with Gasteiger partial charge in [-0.05, 0) is 50.7 Å². The van der Waals surface area contributed by atoms with Gasteiger partial charge in [0.15, 0.2) is 5.78 Å². The highest BCUT2D eigenvalue weighted by molar-refractivity contribution is 5.93. The highest BCUT2D eigenvalue weighted by atomic mass is 16.5. The number of aromatic nitrogens is 1. The van der Waals surface area contributed by atoms with E-state index in [2.05, 4.69) is 16.8 Å². The molecule has 1 unspecified atom stereocenters. The summed E-state index contributed by atoms with van der Waals surface area (Å²) in [5.74, 6) is 1.06. The summed E-state index contributed by atoms with van der Waals surface area (Å²) in [7, 11) is 0. The second-order valence-corrected chi connectivity index (χ2v) is 6.06. The van der Waals surface area contributed by atoms with Gasteiger partial charge in [-0.15, -0.1) is 0 Å². The van der Waals surface area contributed by atoms with Gasteiger partial charge in [0.1, 0.15) is 5.82 Å². The van der Waals surface area contributed by atoms with Crippen LogP contribution in [0, 0.1) is 5.41 Å². The molecule has 1 spiro atoms. The summed E-state index contributed by atoms with van der Waals surface area (Å²) in [6, 6.07) is 4.35. The summed E-state index contributed by atoms with van der Waals surface area (Å²) in [5, 5.41) is 0. The molecule has 1 aromatic heterocycles. The molecule has 20 heavy (non-hydrogen) atoms. The Bertz CT molecular complexity index is 492. The molecular formula is C16H22N2O2. The minimum atomic E-state index is 0.0689. The van der Waals surface area contributed by atoms with Gasteiger partial charge in [-0.2, -0.15) is 0 Å². The summed E-state index contributed by atoms with van der Waals surface area (Å²) in [6.07, 6.45) is 5.21. The number of nitrogens with zero attached hydrogens (tertiary/aromatic N) is 2. The fourth-order valence-corrected chi connectivity index (χ4v) is 3.60. The van der Waals surface area contributed by atoms with Gasteiger partial charge in [-0.1, -0.05) is 0 Å². The van der Waals surface area contributed by atoms with Crippen molar-refractivity contribution in [3.8, 4) is 0 Å². The Balaban J connectivity index is 1.79. The number of pyridine rings is 1. The van der Waals surface area contributed by atoms with Crippen LogP contribution < -0.4 is 4.90 Å². The number of rotatable bonds is 2. The minimum Gasteiger partial charge on any atom is -0.381 e. The Labute approximate surface area is 120 Å². The highest BCUT2D eigenvalue weighted by Crippen LogP contribution is 2.45. The Morgan fingerprint density at radius 3 is 2.70 bits per heavy atom. The highest BCUT2D eigenvalue weighted by Gasteiger charge is 2.45. The largest absolute Gasteiger partial charge is 0.381 e. The summed E-state index contributed by atoms with van der Waals surface area (Å²) >= 11 is 0. The van der Waals surface area contributed by atoms with Gasteiger partial charge in [0.2, 0.25) is 0 Å². The van der Waals surface area contributed by atoms with Crippen LogP contribution in [0.3, 0.4) is 0 Å². The zero-order valence-corrected chi connectivity index (χ0v) is 12.3. The van der Waals surface area contributed by atoms with E-state index in [1.165, 1.54) is 6.42 Å². The molecule has 108 valence electrons. The Morgan fingerprint density at radius 1 is 1.35 bits per heavy atom. The molecule has 1 atom stereocenters. The van der Waals surface area contributed by atoms with E-state index >= 15 is 0 Å². The molecule has 2 saturated heterocycles. The van der Waals surface area contributed by atoms with Gasteiger partial charge in [0.05, 0.1) is 0 Å². The first-order valence-corrected chi connectivity index (χ1v) is 7.44. The van der Waals surface area contributed by atoms with Crippen molar-refractivity contribution in [1.29, 1.82) is 0 Å². The lowest BCUT2D eigenvalue weighted by molar-refractivity contribution is 0.0128. The number of ketones is 1. The van der Waals surface area contributed by atoms with E-state index < -0.39 is 0 Å². The van der Waals surface area contributed by atoms with E-state index in [1.54, 1.807) is 13.1 Å². The second kappa shape index (κ2) is 5.17. The van der Waals surface area contributed by atoms with Crippen molar-refractivity contribution in [1.82, 2.24) is 4.98 Å². The molecule has 1 aromatic rings. The number of anilines is 1. The van der Waals surface area contributed by atoms with Crippen molar-refractivity contribution < 1.29 is 9.53 Å². The quantitative estimate of drug-likeness (QED) is 0.778. The maximum absolute atomic E-state index is 11.3. The van der Waals surface area contributed by atoms with E-state index in [0.717, 1.165) is 38.4 Å². The molecule has 0 aromatic carbocycles. The molecule has 0 bridgehead atoms. The van der Waals surface area contributed by atoms with Gasteiger partial charge >= 0.3 is 0 Å². The first-order valence-electron chi connectivity index (χ1n) is 7.44. The van der Waals surface area contributed by atoms with Crippen LogP contribution in [0.2, 0.25) is 0 Å². The smallest absolute Gasteiger partial charge is 0.161 e. The first-order chi connectivity index (χ1) is 9.62. The molecule has 0 N–H and O–H groups in total. The van der Waals surface area contributed by atoms with Crippen molar-refractivity contribution in [3.05, 3.63) is 23.9 Å². The summed E-state index contributed by atoms with van der Waals surface area (Å²) < 4.78 is 5.52. The zero-order chi connectivity index (χ0) is 14.2. The van der Waals surface area contributed by atoms with E-state index in [9.17, 15) is 4.79 Å². The third-order valence-corrected chi connectivity index (χ3v) is 5.14. The van der Waals surface area contributed by atoms with Crippen LogP contribution >= 0.6 is 0 Å². The van der Waals surface area contributed by atoms with Gasteiger partial charge in [-0.3, -0.25) is 4.79 Å². The Kier molecular flexibility index (Phi) is 3.50. The maximum Gasteiger partial charge on any atom is 0.161 e. The molecule has 2 fully saturated rings. The average molecular weight is 274 g/mol. The standard InChI is InChI=1S/C16H22N2O2/c1-12(19)14-3-4-15(17-11-14)18-8-5-16(13(18)2)6-9-20-10-7-16/h3-4,11,13H,5-10H2,1-2H3. The molecule has 3 rings (SSSR count). The van der Waals surface area contributed by atoms with Gasteiger partial charge in [0.25, 0.3) is 0 Å². The summed E-state index contributed by atoms with van der Waals surface area (Å²) in [6.45, 7) is 6.70. The van der Waals surface area contributed by atoms with E-state index in [-0.39, 0.29) is 5.78 Å². The van der Waals surface area contributed by atoms with Crippen molar-refractivity contribution >= 4 is 11.6 Å². The maximum atomic E-state index is 11.3. The van der Waals surface area contributed by atoms with Gasteiger partial charge < -0.3 is 9.64 Å². The zero-order valence-electron chi connectivity index (χ0n) is 12.3. The molecule has 2 aliphatic heterocycles. The third-order valence-electron chi connectivity index (χ3n) is 5.14. The van der Waals surface area contributed by atoms with E-state index in [1.807, 2.05) is 12.1 Å². The lowest BCUT2D eigenvalue weighted by atomic mass is 9.74. The third kappa shape index (κ3) is 2.22. The van der Waals surface area contributed by atoms with Crippen LogP contribution in [-0.4, -0.2) is 36.6 Å². The molecule has 3 heterocycles. The Morgan fingerprint density at radius 2 is 2.10 bits per heavy atom. The Hall–Kier alpha value is -1.42. The number of hydrogen-bond acceptors (Lipinski definition) is 4. The van der Waals surface area contributed by atoms with E-state index in [4.69, 9.17) is 4.74 Å².